The van der Waals surface area contributed by atoms with E-state index in [4.69, 9.17) is 9.47 Å². The molecule has 2 aliphatic rings. The van der Waals surface area contributed by atoms with Crippen molar-refractivity contribution in [2.45, 2.75) is 51.4 Å². The number of carbonyl (C=O) groups excluding carboxylic acids is 1. The molecule has 1 aliphatic carbocycles. The van der Waals surface area contributed by atoms with Gasteiger partial charge in [0.1, 0.15) is 6.10 Å². The van der Waals surface area contributed by atoms with E-state index >= 15 is 0 Å². The molecule has 74 valence electrons. The SMILES string of the molecule is CC(=O)O[C@H]1[C@H]2CCC[C@H]2O[C@@H]1C. The first kappa shape index (κ1) is 9.00. The van der Waals surface area contributed by atoms with Crippen LogP contribution in [0.2, 0.25) is 0 Å². The molecule has 3 heteroatoms. The topological polar surface area (TPSA) is 35.5 Å². The second-order valence-corrected chi connectivity index (χ2v) is 4.05. The van der Waals surface area contributed by atoms with Gasteiger partial charge in [0.15, 0.2) is 0 Å². The van der Waals surface area contributed by atoms with Crippen LogP contribution < -0.4 is 0 Å². The first-order valence-electron chi connectivity index (χ1n) is 5.01. The molecular weight excluding hydrogens is 168 g/mol. The van der Waals surface area contributed by atoms with Crippen LogP contribution in [-0.2, 0) is 14.3 Å². The van der Waals surface area contributed by atoms with E-state index in [1.54, 1.807) is 0 Å². The molecule has 0 aromatic carbocycles. The third-order valence-electron chi connectivity index (χ3n) is 3.08. The molecule has 1 heterocycles. The Morgan fingerprint density at radius 2 is 2.23 bits per heavy atom. The molecule has 0 radical (unpaired) electrons. The zero-order valence-electron chi connectivity index (χ0n) is 8.16. The summed E-state index contributed by atoms with van der Waals surface area (Å²) in [5.41, 5.74) is 0. The van der Waals surface area contributed by atoms with Gasteiger partial charge in [-0.05, 0) is 19.8 Å². The summed E-state index contributed by atoms with van der Waals surface area (Å²) in [5, 5.41) is 0. The summed E-state index contributed by atoms with van der Waals surface area (Å²) in [6.07, 6.45) is 3.92. The van der Waals surface area contributed by atoms with E-state index < -0.39 is 0 Å². The van der Waals surface area contributed by atoms with Crippen LogP contribution >= 0.6 is 0 Å². The maximum atomic E-state index is 10.9. The van der Waals surface area contributed by atoms with E-state index in [0.717, 1.165) is 12.8 Å². The van der Waals surface area contributed by atoms with Crippen molar-refractivity contribution >= 4 is 5.97 Å². The minimum atomic E-state index is -0.187. The van der Waals surface area contributed by atoms with Gasteiger partial charge < -0.3 is 9.47 Å². The molecule has 1 aliphatic heterocycles. The van der Waals surface area contributed by atoms with E-state index in [9.17, 15) is 4.79 Å². The quantitative estimate of drug-likeness (QED) is 0.579. The van der Waals surface area contributed by atoms with Gasteiger partial charge in [-0.1, -0.05) is 6.42 Å². The average molecular weight is 184 g/mol. The maximum absolute atomic E-state index is 10.9. The summed E-state index contributed by atoms with van der Waals surface area (Å²) in [5.74, 6) is 0.270. The van der Waals surface area contributed by atoms with Crippen molar-refractivity contribution in [3.05, 3.63) is 0 Å². The van der Waals surface area contributed by atoms with Gasteiger partial charge in [-0.2, -0.15) is 0 Å². The van der Waals surface area contributed by atoms with Crippen LogP contribution in [0.5, 0.6) is 0 Å². The standard InChI is InChI=1S/C10H16O3/c1-6-10(13-7(2)11)8-4-3-5-9(8)12-6/h6,8-10H,3-5H2,1-2H3/t6-,8+,9-,10-/m1/s1. The van der Waals surface area contributed by atoms with Crippen LogP contribution in [0.25, 0.3) is 0 Å². The third kappa shape index (κ3) is 1.57. The van der Waals surface area contributed by atoms with Crippen molar-refractivity contribution in [1.82, 2.24) is 0 Å². The van der Waals surface area contributed by atoms with E-state index in [1.165, 1.54) is 13.3 Å². The fraction of sp³-hybridized carbons (Fsp3) is 0.900. The Kier molecular flexibility index (Phi) is 2.28. The Labute approximate surface area is 78.4 Å². The Hall–Kier alpha value is -0.570. The summed E-state index contributed by atoms with van der Waals surface area (Å²) in [6.45, 7) is 3.46. The number of fused-ring (bicyclic) bond motifs is 1. The minimum absolute atomic E-state index is 0.00463. The van der Waals surface area contributed by atoms with Gasteiger partial charge in [0.25, 0.3) is 0 Å². The Morgan fingerprint density at radius 1 is 1.46 bits per heavy atom. The van der Waals surface area contributed by atoms with Gasteiger partial charge in [0.05, 0.1) is 12.2 Å². The predicted molar refractivity (Wildman–Crippen MR) is 47.2 cm³/mol. The first-order chi connectivity index (χ1) is 6.18. The van der Waals surface area contributed by atoms with Crippen molar-refractivity contribution in [3.8, 4) is 0 Å². The Bertz CT molecular complexity index is 214. The van der Waals surface area contributed by atoms with Crippen LogP contribution in [0.1, 0.15) is 33.1 Å². The molecule has 4 atom stereocenters. The van der Waals surface area contributed by atoms with Gasteiger partial charge in [-0.3, -0.25) is 4.79 Å². The Morgan fingerprint density at radius 3 is 2.92 bits per heavy atom. The van der Waals surface area contributed by atoms with E-state index in [1.807, 2.05) is 6.92 Å². The van der Waals surface area contributed by atoms with E-state index in [2.05, 4.69) is 0 Å². The number of ether oxygens (including phenoxy) is 2. The van der Waals surface area contributed by atoms with Crippen molar-refractivity contribution in [2.24, 2.45) is 5.92 Å². The lowest BCUT2D eigenvalue weighted by Crippen LogP contribution is -2.29. The van der Waals surface area contributed by atoms with Crippen LogP contribution in [0.15, 0.2) is 0 Å². The number of rotatable bonds is 1. The fourth-order valence-electron chi connectivity index (χ4n) is 2.58. The van der Waals surface area contributed by atoms with E-state index in [-0.39, 0.29) is 18.2 Å². The molecule has 0 spiro atoms. The summed E-state index contributed by atoms with van der Waals surface area (Å²) in [6, 6.07) is 0. The summed E-state index contributed by atoms with van der Waals surface area (Å²) < 4.78 is 11.0. The number of carbonyl (C=O) groups is 1. The van der Waals surface area contributed by atoms with Gasteiger partial charge in [0, 0.05) is 12.8 Å². The van der Waals surface area contributed by atoms with Crippen LogP contribution in [0.3, 0.4) is 0 Å². The average Bonchev–Trinajstić information content (AvgIpc) is 2.55. The van der Waals surface area contributed by atoms with Crippen molar-refractivity contribution in [3.63, 3.8) is 0 Å². The molecule has 0 aromatic heterocycles. The lowest BCUT2D eigenvalue weighted by molar-refractivity contribution is -0.150. The van der Waals surface area contributed by atoms with Gasteiger partial charge in [-0.25, -0.2) is 0 Å². The highest BCUT2D eigenvalue weighted by Gasteiger charge is 2.46. The second-order valence-electron chi connectivity index (χ2n) is 4.05. The molecule has 0 aromatic rings. The zero-order valence-corrected chi connectivity index (χ0v) is 8.16. The molecule has 0 N–H and O–H groups in total. The van der Waals surface area contributed by atoms with Crippen molar-refractivity contribution < 1.29 is 14.3 Å². The fourth-order valence-corrected chi connectivity index (χ4v) is 2.58. The summed E-state index contributed by atoms with van der Waals surface area (Å²) in [4.78, 5) is 10.9. The predicted octanol–water partition coefficient (Wildman–Crippen LogP) is 1.51. The maximum Gasteiger partial charge on any atom is 0.303 e. The number of esters is 1. The van der Waals surface area contributed by atoms with Crippen molar-refractivity contribution in [2.75, 3.05) is 0 Å². The smallest absolute Gasteiger partial charge is 0.303 e. The van der Waals surface area contributed by atoms with Gasteiger partial charge in [0.2, 0.25) is 0 Å². The highest BCUT2D eigenvalue weighted by molar-refractivity contribution is 5.66. The minimum Gasteiger partial charge on any atom is -0.459 e. The molecule has 2 rings (SSSR count). The largest absolute Gasteiger partial charge is 0.459 e. The second kappa shape index (κ2) is 3.29. The molecule has 0 bridgehead atoms. The third-order valence-corrected chi connectivity index (χ3v) is 3.08. The highest BCUT2D eigenvalue weighted by Crippen LogP contribution is 2.40. The Balaban J connectivity index is 2.03. The first-order valence-corrected chi connectivity index (χ1v) is 5.01. The normalized spacial score (nSPS) is 43.2. The molecule has 1 saturated carbocycles. The number of hydrogen-bond acceptors (Lipinski definition) is 3. The molecule has 0 amide bonds. The lowest BCUT2D eigenvalue weighted by atomic mass is 9.99. The highest BCUT2D eigenvalue weighted by atomic mass is 16.6. The van der Waals surface area contributed by atoms with Crippen LogP contribution in [0.4, 0.5) is 0 Å². The van der Waals surface area contributed by atoms with Crippen molar-refractivity contribution in [1.29, 1.82) is 0 Å². The lowest BCUT2D eigenvalue weighted by Gasteiger charge is -2.18. The molecule has 13 heavy (non-hydrogen) atoms. The monoisotopic (exact) mass is 184 g/mol. The van der Waals surface area contributed by atoms with E-state index in [0.29, 0.717) is 12.0 Å². The van der Waals surface area contributed by atoms with Crippen LogP contribution in [-0.4, -0.2) is 24.3 Å². The van der Waals surface area contributed by atoms with Gasteiger partial charge in [-0.15, -0.1) is 0 Å². The summed E-state index contributed by atoms with van der Waals surface area (Å²) in [7, 11) is 0. The molecule has 3 nitrogen and oxygen atoms in total. The summed E-state index contributed by atoms with van der Waals surface area (Å²) >= 11 is 0. The molecule has 0 unspecified atom stereocenters. The molecular formula is C10H16O3. The zero-order chi connectivity index (χ0) is 9.42. The molecule has 2 fully saturated rings. The molecule has 1 saturated heterocycles. The van der Waals surface area contributed by atoms with Gasteiger partial charge >= 0.3 is 5.97 Å². The number of hydrogen-bond donors (Lipinski definition) is 0. The van der Waals surface area contributed by atoms with Crippen LogP contribution in [0, 0.1) is 5.92 Å².